The van der Waals surface area contributed by atoms with Crippen molar-refractivity contribution in [2.75, 3.05) is 6.61 Å². The summed E-state index contributed by atoms with van der Waals surface area (Å²) in [7, 11) is 0. The van der Waals surface area contributed by atoms with Crippen molar-refractivity contribution in [3.63, 3.8) is 0 Å². The minimum absolute atomic E-state index is 0.0736. The van der Waals surface area contributed by atoms with Crippen LogP contribution in [0.1, 0.15) is 19.4 Å². The molecule has 0 aliphatic heterocycles. The topological polar surface area (TPSA) is 36.8 Å². The van der Waals surface area contributed by atoms with E-state index in [2.05, 4.69) is 17.4 Å². The Kier molecular flexibility index (Phi) is 3.46. The molecular weight excluding hydrogens is 162 g/mol. The molecule has 2 heteroatoms. The fourth-order valence-corrected chi connectivity index (χ4v) is 1.07. The monoisotopic (exact) mass is 180 g/mol. The van der Waals surface area contributed by atoms with Gasteiger partial charge < -0.3 is 10.4 Å². The number of quaternary nitrogens is 1. The van der Waals surface area contributed by atoms with E-state index in [-0.39, 0.29) is 12.1 Å². The van der Waals surface area contributed by atoms with Gasteiger partial charge in [-0.25, -0.2) is 0 Å². The second-order valence-electron chi connectivity index (χ2n) is 4.04. The molecule has 0 saturated carbocycles. The number of nitrogens with two attached hydrogens (primary N) is 1. The summed E-state index contributed by atoms with van der Waals surface area (Å²) in [5.74, 6) is 0. The van der Waals surface area contributed by atoms with Gasteiger partial charge in [0.15, 0.2) is 0 Å². The zero-order valence-corrected chi connectivity index (χ0v) is 8.33. The third kappa shape index (κ3) is 3.57. The lowest BCUT2D eigenvalue weighted by Crippen LogP contribution is -2.95. The molecule has 0 heterocycles. The van der Waals surface area contributed by atoms with Crippen LogP contribution in [-0.4, -0.2) is 17.3 Å². The lowest BCUT2D eigenvalue weighted by Gasteiger charge is -2.19. The molecule has 3 N–H and O–H groups in total. The van der Waals surface area contributed by atoms with Crippen molar-refractivity contribution in [2.45, 2.75) is 25.9 Å². The number of rotatable bonds is 4. The highest BCUT2D eigenvalue weighted by molar-refractivity contribution is 5.13. The molecule has 0 atom stereocenters. The summed E-state index contributed by atoms with van der Waals surface area (Å²) >= 11 is 0. The maximum absolute atomic E-state index is 9.04. The van der Waals surface area contributed by atoms with E-state index >= 15 is 0 Å². The molecule has 1 aromatic rings. The largest absolute Gasteiger partial charge is 0.390 e. The molecule has 0 aromatic heterocycles. The third-order valence-corrected chi connectivity index (χ3v) is 2.14. The fourth-order valence-electron chi connectivity index (χ4n) is 1.07. The van der Waals surface area contributed by atoms with Crippen LogP contribution in [-0.2, 0) is 6.54 Å². The lowest BCUT2D eigenvalue weighted by molar-refractivity contribution is -0.736. The van der Waals surface area contributed by atoms with Crippen LogP contribution >= 0.6 is 0 Å². The third-order valence-electron chi connectivity index (χ3n) is 2.14. The first-order valence-corrected chi connectivity index (χ1v) is 4.63. The van der Waals surface area contributed by atoms with Gasteiger partial charge in [0.05, 0.1) is 6.61 Å². The van der Waals surface area contributed by atoms with Crippen molar-refractivity contribution in [3.05, 3.63) is 35.9 Å². The van der Waals surface area contributed by atoms with Gasteiger partial charge in [0.1, 0.15) is 12.1 Å². The number of hydrogen-bond donors (Lipinski definition) is 2. The Morgan fingerprint density at radius 2 is 1.85 bits per heavy atom. The van der Waals surface area contributed by atoms with Crippen LogP contribution in [0, 0.1) is 0 Å². The van der Waals surface area contributed by atoms with Crippen LogP contribution in [0.15, 0.2) is 30.3 Å². The summed E-state index contributed by atoms with van der Waals surface area (Å²) in [4.78, 5) is 0. The van der Waals surface area contributed by atoms with E-state index in [4.69, 9.17) is 5.11 Å². The zero-order valence-electron chi connectivity index (χ0n) is 8.33. The molecular formula is C11H18NO+. The van der Waals surface area contributed by atoms with Crippen LogP contribution in [0.4, 0.5) is 0 Å². The van der Waals surface area contributed by atoms with Crippen LogP contribution in [0.5, 0.6) is 0 Å². The van der Waals surface area contributed by atoms with Crippen molar-refractivity contribution < 1.29 is 10.4 Å². The zero-order chi connectivity index (χ0) is 9.73. The molecule has 0 saturated heterocycles. The average molecular weight is 180 g/mol. The minimum Gasteiger partial charge on any atom is -0.390 e. The molecule has 0 bridgehead atoms. The number of hydrogen-bond acceptors (Lipinski definition) is 1. The smallest absolute Gasteiger partial charge is 0.114 e. The Labute approximate surface area is 79.6 Å². The summed E-state index contributed by atoms with van der Waals surface area (Å²) in [5.41, 5.74) is 1.22. The summed E-state index contributed by atoms with van der Waals surface area (Å²) < 4.78 is 0. The van der Waals surface area contributed by atoms with Gasteiger partial charge in [0, 0.05) is 5.56 Å². The molecule has 0 unspecified atom stereocenters. The van der Waals surface area contributed by atoms with E-state index in [9.17, 15) is 0 Å². The maximum atomic E-state index is 9.04. The molecule has 0 radical (unpaired) electrons. The van der Waals surface area contributed by atoms with Gasteiger partial charge in [-0.05, 0) is 13.8 Å². The highest BCUT2D eigenvalue weighted by atomic mass is 16.3. The van der Waals surface area contributed by atoms with Gasteiger partial charge in [0.2, 0.25) is 0 Å². The van der Waals surface area contributed by atoms with E-state index in [0.717, 1.165) is 6.54 Å². The quantitative estimate of drug-likeness (QED) is 0.696. The van der Waals surface area contributed by atoms with Gasteiger partial charge >= 0.3 is 0 Å². The van der Waals surface area contributed by atoms with Gasteiger partial charge in [-0.3, -0.25) is 0 Å². The van der Waals surface area contributed by atoms with Gasteiger partial charge in [-0.15, -0.1) is 0 Å². The number of aliphatic hydroxyl groups excluding tert-OH is 1. The first-order chi connectivity index (χ1) is 6.14. The van der Waals surface area contributed by atoms with Gasteiger partial charge in [-0.2, -0.15) is 0 Å². The molecule has 0 amide bonds. The second kappa shape index (κ2) is 4.40. The van der Waals surface area contributed by atoms with Crippen LogP contribution < -0.4 is 5.32 Å². The van der Waals surface area contributed by atoms with E-state index in [0.29, 0.717) is 0 Å². The van der Waals surface area contributed by atoms with E-state index in [1.807, 2.05) is 32.0 Å². The summed E-state index contributed by atoms with van der Waals surface area (Å²) in [6.45, 7) is 5.21. The van der Waals surface area contributed by atoms with Crippen molar-refractivity contribution in [1.82, 2.24) is 0 Å². The number of benzene rings is 1. The van der Waals surface area contributed by atoms with Crippen molar-refractivity contribution in [1.29, 1.82) is 0 Å². The van der Waals surface area contributed by atoms with Gasteiger partial charge in [-0.1, -0.05) is 30.3 Å². The Bertz CT molecular complexity index is 244. The van der Waals surface area contributed by atoms with Crippen LogP contribution in [0.3, 0.4) is 0 Å². The molecule has 0 aliphatic rings. The Morgan fingerprint density at radius 3 is 2.38 bits per heavy atom. The Hall–Kier alpha value is -0.860. The molecule has 0 aliphatic carbocycles. The average Bonchev–Trinajstić information content (AvgIpc) is 2.17. The first-order valence-electron chi connectivity index (χ1n) is 4.63. The molecule has 13 heavy (non-hydrogen) atoms. The second-order valence-corrected chi connectivity index (χ2v) is 4.04. The van der Waals surface area contributed by atoms with Crippen molar-refractivity contribution >= 4 is 0 Å². The first kappa shape index (κ1) is 10.2. The minimum atomic E-state index is -0.0736. The molecule has 1 rings (SSSR count). The van der Waals surface area contributed by atoms with Crippen LogP contribution in [0.25, 0.3) is 0 Å². The fraction of sp³-hybridized carbons (Fsp3) is 0.455. The van der Waals surface area contributed by atoms with Crippen molar-refractivity contribution in [3.8, 4) is 0 Å². The van der Waals surface area contributed by atoms with E-state index < -0.39 is 0 Å². The Balaban J connectivity index is 2.44. The highest BCUT2D eigenvalue weighted by Crippen LogP contribution is 1.97. The predicted molar refractivity (Wildman–Crippen MR) is 53.2 cm³/mol. The predicted octanol–water partition coefficient (Wildman–Crippen LogP) is 0.521. The lowest BCUT2D eigenvalue weighted by atomic mass is 10.1. The maximum Gasteiger partial charge on any atom is 0.114 e. The summed E-state index contributed by atoms with van der Waals surface area (Å²) in [6.07, 6.45) is 0. The summed E-state index contributed by atoms with van der Waals surface area (Å²) in [6, 6.07) is 10.3. The van der Waals surface area contributed by atoms with E-state index in [1.165, 1.54) is 5.56 Å². The SMILES string of the molecule is CC(C)(CO)[NH2+]Cc1ccccc1. The number of aliphatic hydroxyl groups is 1. The standard InChI is InChI=1S/C11H17NO/c1-11(2,9-13)12-8-10-6-4-3-5-7-10/h3-7,12-13H,8-9H2,1-2H3/p+1. The Morgan fingerprint density at radius 1 is 1.23 bits per heavy atom. The highest BCUT2D eigenvalue weighted by Gasteiger charge is 2.18. The molecule has 0 spiro atoms. The van der Waals surface area contributed by atoms with Crippen LogP contribution in [0.2, 0.25) is 0 Å². The molecule has 2 nitrogen and oxygen atoms in total. The molecule has 0 fully saturated rings. The van der Waals surface area contributed by atoms with Gasteiger partial charge in [0.25, 0.3) is 0 Å². The molecule has 1 aromatic carbocycles. The summed E-state index contributed by atoms with van der Waals surface area (Å²) in [5, 5.41) is 11.2. The van der Waals surface area contributed by atoms with Crippen molar-refractivity contribution in [2.24, 2.45) is 0 Å². The normalized spacial score (nSPS) is 11.6. The van der Waals surface area contributed by atoms with E-state index in [1.54, 1.807) is 0 Å². The molecule has 72 valence electrons.